The van der Waals surface area contributed by atoms with Crippen LogP contribution in [0.25, 0.3) is 11.3 Å². The summed E-state index contributed by atoms with van der Waals surface area (Å²) in [5.41, 5.74) is 3.28. The molecule has 1 amide bonds. The minimum atomic E-state index is -1.26. The summed E-state index contributed by atoms with van der Waals surface area (Å²) in [6.07, 6.45) is 0.360. The van der Waals surface area contributed by atoms with Crippen molar-refractivity contribution >= 4 is 17.5 Å². The minimum Gasteiger partial charge on any atom is -0.598 e. The number of nitrogens with zero attached hydrogens (tertiary/aromatic N) is 2. The number of pyridine rings is 1. The second kappa shape index (κ2) is 11.8. The zero-order chi connectivity index (χ0) is 28.4. The Morgan fingerprint density at radius 1 is 1.12 bits per heavy atom. The Morgan fingerprint density at radius 2 is 1.80 bits per heavy atom. The predicted molar refractivity (Wildman–Crippen MR) is 153 cm³/mol. The number of amides is 1. The summed E-state index contributed by atoms with van der Waals surface area (Å²) in [5.74, 6) is 0.592. The highest BCUT2D eigenvalue weighted by atomic mass is 32.2. The number of aromatic nitrogens is 1. The van der Waals surface area contributed by atoms with Crippen molar-refractivity contribution in [2.45, 2.75) is 57.6 Å². The molecule has 1 aromatic heterocycles. The number of halogens is 1. The molecular formula is C31H36FN3O4S. The quantitative estimate of drug-likeness (QED) is 0.319. The van der Waals surface area contributed by atoms with Gasteiger partial charge in [0.05, 0.1) is 11.7 Å². The van der Waals surface area contributed by atoms with Crippen molar-refractivity contribution < 1.29 is 23.2 Å². The molecule has 0 radical (unpaired) electrons. The van der Waals surface area contributed by atoms with Gasteiger partial charge in [0.25, 0.3) is 0 Å². The lowest BCUT2D eigenvalue weighted by molar-refractivity contribution is 0.0945. The first-order valence-electron chi connectivity index (χ1n) is 13.7. The molecule has 3 aromatic rings. The van der Waals surface area contributed by atoms with Crippen LogP contribution < -0.4 is 9.46 Å². The van der Waals surface area contributed by atoms with Crippen molar-refractivity contribution in [2.75, 3.05) is 13.1 Å². The third-order valence-corrected chi connectivity index (χ3v) is 9.03. The smallest absolute Gasteiger partial charge is 0.410 e. The van der Waals surface area contributed by atoms with Crippen LogP contribution in [0.15, 0.2) is 66.7 Å². The first-order chi connectivity index (χ1) is 19.1. The lowest BCUT2D eigenvalue weighted by Gasteiger charge is -2.28. The zero-order valence-electron chi connectivity index (χ0n) is 23.3. The van der Waals surface area contributed by atoms with Crippen LogP contribution in [0, 0.1) is 17.7 Å². The lowest BCUT2D eigenvalue weighted by Crippen LogP contribution is -2.41. The minimum absolute atomic E-state index is 0.0428. The average molecular weight is 566 g/mol. The van der Waals surface area contributed by atoms with E-state index in [1.807, 2.05) is 70.2 Å². The fourth-order valence-corrected chi connectivity index (χ4v) is 5.91. The van der Waals surface area contributed by atoms with E-state index in [0.29, 0.717) is 31.1 Å². The van der Waals surface area contributed by atoms with Crippen molar-refractivity contribution in [1.29, 1.82) is 0 Å². The molecule has 2 aliphatic rings. The molecule has 5 atom stereocenters. The molecule has 2 heterocycles. The molecule has 0 bridgehead atoms. The van der Waals surface area contributed by atoms with Crippen LogP contribution in [-0.2, 0) is 22.7 Å². The summed E-state index contributed by atoms with van der Waals surface area (Å²) in [6, 6.07) is 19.5. The normalized spacial score (nSPS) is 21.4. The number of rotatable bonds is 9. The monoisotopic (exact) mass is 565 g/mol. The molecule has 1 aliphatic heterocycles. The van der Waals surface area contributed by atoms with Crippen LogP contribution >= 0.6 is 0 Å². The van der Waals surface area contributed by atoms with Crippen molar-refractivity contribution in [3.63, 3.8) is 0 Å². The second-order valence-electron chi connectivity index (χ2n) is 11.4. The summed E-state index contributed by atoms with van der Waals surface area (Å²) >= 11 is -1.26. The van der Waals surface area contributed by atoms with E-state index < -0.39 is 16.1 Å². The van der Waals surface area contributed by atoms with E-state index in [-0.39, 0.29) is 42.5 Å². The summed E-state index contributed by atoms with van der Waals surface area (Å²) < 4.78 is 41.2. The van der Waals surface area contributed by atoms with E-state index in [4.69, 9.17) is 14.5 Å². The summed E-state index contributed by atoms with van der Waals surface area (Å²) in [5, 5.41) is 0. The number of likely N-dealkylation sites (tertiary alicyclic amines) is 1. The third-order valence-electron chi connectivity index (χ3n) is 7.42. The number of fused-ring (bicyclic) bond motifs is 1. The first-order valence-corrected chi connectivity index (χ1v) is 14.9. The van der Waals surface area contributed by atoms with Gasteiger partial charge in [-0.25, -0.2) is 14.2 Å². The molecule has 7 nitrogen and oxygen atoms in total. The fourth-order valence-electron chi connectivity index (χ4n) is 4.99. The van der Waals surface area contributed by atoms with Crippen LogP contribution in [0.4, 0.5) is 9.18 Å². The molecule has 1 N–H and O–H groups in total. The summed E-state index contributed by atoms with van der Waals surface area (Å²) in [7, 11) is 0. The molecular weight excluding hydrogens is 529 g/mol. The maximum Gasteiger partial charge on any atom is 0.410 e. The molecule has 1 aliphatic carbocycles. The largest absolute Gasteiger partial charge is 0.598 e. The number of benzene rings is 2. The molecule has 1 saturated heterocycles. The maximum absolute atomic E-state index is 13.6. The topological polar surface area (TPSA) is 86.8 Å². The molecule has 1 saturated carbocycles. The van der Waals surface area contributed by atoms with Crippen molar-refractivity contribution in [1.82, 2.24) is 14.6 Å². The third kappa shape index (κ3) is 6.59. The number of hydrogen-bond acceptors (Lipinski definition) is 6. The number of ether oxygens (including phenoxy) is 2. The van der Waals surface area contributed by atoms with Gasteiger partial charge in [0, 0.05) is 47.9 Å². The standard InChI is InChI=1S/C31H36FN3O4S/c1-5-26(34-40(37)31(2,3)4)22-15-27(21-11-13-23(32)14-12-21)33-28(16-22)39-29-24-17-35(18-25(24)29)30(36)38-19-20-9-7-6-8-10-20/h6-16,24-26,29,34H,5,17-19H2,1-4H3/t24-,25+,26?,29?,40?. The lowest BCUT2D eigenvalue weighted by atomic mass is 10.0. The highest BCUT2D eigenvalue weighted by molar-refractivity contribution is 7.90. The molecule has 5 rings (SSSR count). The maximum atomic E-state index is 13.6. The predicted octanol–water partition coefficient (Wildman–Crippen LogP) is 6.04. The fraction of sp³-hybridized carbons (Fsp3) is 0.419. The average Bonchev–Trinajstić information content (AvgIpc) is 3.36. The summed E-state index contributed by atoms with van der Waals surface area (Å²) in [6.45, 7) is 9.24. The Labute approximate surface area is 238 Å². The SMILES string of the molecule is CCC(N[S+]([O-])C(C)(C)C)c1cc(OC2[C@H]3CN(C(=O)OCc4ccccc4)C[C@@H]23)nc(-c2ccc(F)cc2)c1. The van der Waals surface area contributed by atoms with E-state index >= 15 is 0 Å². The van der Waals surface area contributed by atoms with Crippen LogP contribution in [-0.4, -0.2) is 44.5 Å². The Bertz CT molecular complexity index is 1310. The van der Waals surface area contributed by atoms with E-state index in [0.717, 1.165) is 16.7 Å². The number of carbonyl (C=O) groups excluding carboxylic acids is 1. The Morgan fingerprint density at radius 3 is 2.42 bits per heavy atom. The van der Waals surface area contributed by atoms with Crippen LogP contribution in [0.3, 0.4) is 0 Å². The Kier molecular flexibility index (Phi) is 8.35. The molecule has 212 valence electrons. The highest BCUT2D eigenvalue weighted by Crippen LogP contribution is 2.48. The Hall–Kier alpha value is -3.14. The molecule has 9 heteroatoms. The van der Waals surface area contributed by atoms with Gasteiger partial charge >= 0.3 is 6.09 Å². The van der Waals surface area contributed by atoms with Gasteiger partial charge in [-0.2, -0.15) is 0 Å². The molecule has 2 aromatic carbocycles. The number of hydrogen-bond donors (Lipinski definition) is 1. The van der Waals surface area contributed by atoms with Gasteiger partial charge < -0.3 is 18.9 Å². The molecule has 2 fully saturated rings. The molecule has 0 spiro atoms. The van der Waals surface area contributed by atoms with Gasteiger partial charge in [-0.15, -0.1) is 4.72 Å². The van der Waals surface area contributed by atoms with E-state index in [9.17, 15) is 13.7 Å². The van der Waals surface area contributed by atoms with Gasteiger partial charge in [0.2, 0.25) is 5.88 Å². The van der Waals surface area contributed by atoms with E-state index in [2.05, 4.69) is 4.72 Å². The first kappa shape index (κ1) is 28.4. The van der Waals surface area contributed by atoms with E-state index in [1.54, 1.807) is 17.0 Å². The van der Waals surface area contributed by atoms with Gasteiger partial charge in [0.15, 0.2) is 0 Å². The van der Waals surface area contributed by atoms with Crippen LogP contribution in [0.5, 0.6) is 5.88 Å². The van der Waals surface area contributed by atoms with Gasteiger partial charge in [-0.3, -0.25) is 0 Å². The zero-order valence-corrected chi connectivity index (χ0v) is 24.1. The number of carbonyl (C=O) groups is 1. The highest BCUT2D eigenvalue weighted by Gasteiger charge is 2.59. The Balaban J connectivity index is 1.28. The van der Waals surface area contributed by atoms with Gasteiger partial charge in [-0.1, -0.05) is 37.3 Å². The van der Waals surface area contributed by atoms with Crippen LogP contribution in [0.2, 0.25) is 0 Å². The van der Waals surface area contributed by atoms with Crippen molar-refractivity contribution in [2.24, 2.45) is 11.8 Å². The number of piperidine rings is 1. The number of nitrogens with one attached hydrogen (secondary N) is 1. The van der Waals surface area contributed by atoms with Gasteiger partial charge in [-0.05, 0) is 68.7 Å². The van der Waals surface area contributed by atoms with Crippen LogP contribution in [0.1, 0.15) is 51.3 Å². The van der Waals surface area contributed by atoms with Gasteiger partial charge in [0.1, 0.15) is 23.3 Å². The summed E-state index contributed by atoms with van der Waals surface area (Å²) in [4.78, 5) is 19.1. The molecule has 40 heavy (non-hydrogen) atoms. The van der Waals surface area contributed by atoms with Crippen molar-refractivity contribution in [3.8, 4) is 17.1 Å². The second-order valence-corrected chi connectivity index (χ2v) is 13.4. The van der Waals surface area contributed by atoms with E-state index in [1.165, 1.54) is 12.1 Å². The van der Waals surface area contributed by atoms with Crippen molar-refractivity contribution in [3.05, 3.63) is 83.7 Å². The molecule has 3 unspecified atom stereocenters.